The first-order valence-electron chi connectivity index (χ1n) is 7.71. The van der Waals surface area contributed by atoms with Gasteiger partial charge in [-0.2, -0.15) is 0 Å². The lowest BCUT2D eigenvalue weighted by Crippen LogP contribution is -2.34. The van der Waals surface area contributed by atoms with Gasteiger partial charge in [-0.25, -0.2) is 4.79 Å². The number of anilines is 2. The van der Waals surface area contributed by atoms with Crippen molar-refractivity contribution in [2.75, 3.05) is 23.7 Å². The fourth-order valence-electron chi connectivity index (χ4n) is 2.81. The number of primary amides is 1. The number of rotatable bonds is 5. The number of hydrogen-bond acceptors (Lipinski definition) is 3. The zero-order valence-corrected chi connectivity index (χ0v) is 12.9. The van der Waals surface area contributed by atoms with Crippen molar-refractivity contribution >= 4 is 23.3 Å². The average Bonchev–Trinajstić information content (AvgIpc) is 2.49. The van der Waals surface area contributed by atoms with E-state index in [0.29, 0.717) is 29.6 Å². The fourth-order valence-corrected chi connectivity index (χ4v) is 2.81. The van der Waals surface area contributed by atoms with Crippen LogP contribution in [0.1, 0.15) is 26.2 Å². The lowest BCUT2D eigenvalue weighted by molar-refractivity contribution is -0.117. The van der Waals surface area contributed by atoms with E-state index in [4.69, 9.17) is 5.73 Å². The normalized spacial score (nSPS) is 19.2. The van der Waals surface area contributed by atoms with E-state index in [0.717, 1.165) is 13.1 Å². The van der Waals surface area contributed by atoms with Crippen LogP contribution in [0.4, 0.5) is 16.2 Å². The van der Waals surface area contributed by atoms with Gasteiger partial charge in [0.1, 0.15) is 0 Å². The number of urea groups is 1. The van der Waals surface area contributed by atoms with Gasteiger partial charge in [0.25, 0.3) is 0 Å². The van der Waals surface area contributed by atoms with Gasteiger partial charge in [-0.15, -0.1) is 0 Å². The number of hydrogen-bond donors (Lipinski definition) is 4. The first kappa shape index (κ1) is 16.3. The Hall–Kier alpha value is -2.08. The molecule has 1 aliphatic heterocycles. The maximum absolute atomic E-state index is 12.1. The van der Waals surface area contributed by atoms with Crippen molar-refractivity contribution in [2.24, 2.45) is 17.6 Å². The lowest BCUT2D eigenvalue weighted by atomic mass is 9.85. The molecule has 0 aliphatic carbocycles. The summed E-state index contributed by atoms with van der Waals surface area (Å²) in [6, 6.07) is 6.29. The maximum atomic E-state index is 12.1. The van der Waals surface area contributed by atoms with E-state index in [1.807, 2.05) is 0 Å². The van der Waals surface area contributed by atoms with Gasteiger partial charge >= 0.3 is 6.03 Å². The molecule has 2 rings (SSSR count). The average molecular weight is 304 g/mol. The van der Waals surface area contributed by atoms with Crippen LogP contribution < -0.4 is 21.7 Å². The molecule has 120 valence electrons. The van der Waals surface area contributed by atoms with E-state index >= 15 is 0 Å². The van der Waals surface area contributed by atoms with Crippen molar-refractivity contribution in [1.29, 1.82) is 0 Å². The summed E-state index contributed by atoms with van der Waals surface area (Å²) in [4.78, 5) is 22.8. The van der Waals surface area contributed by atoms with Crippen molar-refractivity contribution < 1.29 is 9.59 Å². The van der Waals surface area contributed by atoms with Crippen LogP contribution in [0, 0.1) is 11.8 Å². The minimum Gasteiger partial charge on any atom is -0.351 e. The van der Waals surface area contributed by atoms with Crippen LogP contribution in [0.2, 0.25) is 0 Å². The van der Waals surface area contributed by atoms with Crippen molar-refractivity contribution in [2.45, 2.75) is 26.2 Å². The molecule has 22 heavy (non-hydrogen) atoms. The molecule has 0 radical (unpaired) electrons. The Morgan fingerprint density at radius 1 is 1.27 bits per heavy atom. The molecule has 5 N–H and O–H groups in total. The van der Waals surface area contributed by atoms with Crippen LogP contribution in [0.5, 0.6) is 0 Å². The molecule has 0 saturated carbocycles. The van der Waals surface area contributed by atoms with Crippen molar-refractivity contribution in [3.8, 4) is 0 Å². The van der Waals surface area contributed by atoms with E-state index in [1.165, 1.54) is 12.8 Å². The number of amides is 3. The smallest absolute Gasteiger partial charge is 0.316 e. The summed E-state index contributed by atoms with van der Waals surface area (Å²) in [5.74, 6) is 0.957. The van der Waals surface area contributed by atoms with E-state index < -0.39 is 6.03 Å². The molecule has 3 amide bonds. The predicted molar refractivity (Wildman–Crippen MR) is 87.7 cm³/mol. The molecule has 1 fully saturated rings. The summed E-state index contributed by atoms with van der Waals surface area (Å²) in [5.41, 5.74) is 6.36. The third-order valence-corrected chi connectivity index (χ3v) is 4.08. The Kier molecular flexibility index (Phi) is 5.77. The molecule has 1 saturated heterocycles. The number of benzene rings is 1. The molecule has 2 unspecified atom stereocenters. The van der Waals surface area contributed by atoms with Gasteiger partial charge in [-0.05, 0) is 62.0 Å². The van der Waals surface area contributed by atoms with Gasteiger partial charge in [-0.1, -0.05) is 6.92 Å². The number of nitrogens with two attached hydrogens (primary N) is 1. The van der Waals surface area contributed by atoms with E-state index in [2.05, 4.69) is 22.9 Å². The topological polar surface area (TPSA) is 96.2 Å². The van der Waals surface area contributed by atoms with Crippen molar-refractivity contribution in [3.05, 3.63) is 24.3 Å². The molecular formula is C16H24N4O2. The Labute approximate surface area is 130 Å². The molecule has 2 atom stereocenters. The SMILES string of the molecule is CC(CC(=O)Nc1ccc(NC(N)=O)cc1)C1CCCNC1. The highest BCUT2D eigenvalue weighted by Gasteiger charge is 2.21. The second kappa shape index (κ2) is 7.79. The van der Waals surface area contributed by atoms with Gasteiger partial charge in [0, 0.05) is 17.8 Å². The Bertz CT molecular complexity index is 509. The highest BCUT2D eigenvalue weighted by molar-refractivity contribution is 5.92. The summed E-state index contributed by atoms with van der Waals surface area (Å²) in [6.45, 7) is 4.22. The van der Waals surface area contributed by atoms with Gasteiger partial charge in [-0.3, -0.25) is 4.79 Å². The fraction of sp³-hybridized carbons (Fsp3) is 0.500. The molecule has 0 bridgehead atoms. The quantitative estimate of drug-likeness (QED) is 0.671. The van der Waals surface area contributed by atoms with Gasteiger partial charge in [0.15, 0.2) is 0 Å². The molecule has 0 aromatic heterocycles. The molecule has 1 aliphatic rings. The highest BCUT2D eigenvalue weighted by atomic mass is 16.2. The monoisotopic (exact) mass is 304 g/mol. The van der Waals surface area contributed by atoms with Crippen molar-refractivity contribution in [1.82, 2.24) is 5.32 Å². The van der Waals surface area contributed by atoms with Crippen LogP contribution in [0.3, 0.4) is 0 Å². The zero-order valence-electron chi connectivity index (χ0n) is 12.9. The summed E-state index contributed by atoms with van der Waals surface area (Å²) < 4.78 is 0. The lowest BCUT2D eigenvalue weighted by Gasteiger charge is -2.28. The molecule has 1 aromatic carbocycles. The predicted octanol–water partition coefficient (Wildman–Crippen LogP) is 2.14. The second-order valence-corrected chi connectivity index (χ2v) is 5.90. The summed E-state index contributed by atoms with van der Waals surface area (Å²) in [5, 5.41) is 8.75. The summed E-state index contributed by atoms with van der Waals surface area (Å²) in [6.07, 6.45) is 2.90. The molecule has 6 heteroatoms. The van der Waals surface area contributed by atoms with E-state index in [9.17, 15) is 9.59 Å². The van der Waals surface area contributed by atoms with Crippen LogP contribution >= 0.6 is 0 Å². The van der Waals surface area contributed by atoms with Gasteiger partial charge in [0.05, 0.1) is 0 Å². The highest BCUT2D eigenvalue weighted by Crippen LogP contribution is 2.23. The van der Waals surface area contributed by atoms with Crippen LogP contribution in [-0.2, 0) is 4.79 Å². The third-order valence-electron chi connectivity index (χ3n) is 4.08. The van der Waals surface area contributed by atoms with Crippen molar-refractivity contribution in [3.63, 3.8) is 0 Å². The largest absolute Gasteiger partial charge is 0.351 e. The Morgan fingerprint density at radius 3 is 2.45 bits per heavy atom. The molecule has 1 heterocycles. The first-order chi connectivity index (χ1) is 10.5. The third kappa shape index (κ3) is 5.04. The zero-order chi connectivity index (χ0) is 15.9. The number of piperidine rings is 1. The van der Waals surface area contributed by atoms with Gasteiger partial charge < -0.3 is 21.7 Å². The number of carbonyl (C=O) groups is 2. The second-order valence-electron chi connectivity index (χ2n) is 5.90. The van der Waals surface area contributed by atoms with Crippen LogP contribution in [0.15, 0.2) is 24.3 Å². The minimum absolute atomic E-state index is 0.0219. The molecule has 1 aromatic rings. The molecule has 0 spiro atoms. The summed E-state index contributed by atoms with van der Waals surface area (Å²) >= 11 is 0. The standard InChI is InChI=1S/C16H24N4O2/c1-11(12-3-2-8-18-10-12)9-15(21)19-13-4-6-14(7-5-13)20-16(17)22/h4-7,11-12,18H,2-3,8-10H2,1H3,(H,19,21)(H3,17,20,22). The first-order valence-corrected chi connectivity index (χ1v) is 7.71. The summed E-state index contributed by atoms with van der Waals surface area (Å²) in [7, 11) is 0. The molecule has 6 nitrogen and oxygen atoms in total. The maximum Gasteiger partial charge on any atom is 0.316 e. The van der Waals surface area contributed by atoms with Crippen LogP contribution in [-0.4, -0.2) is 25.0 Å². The van der Waals surface area contributed by atoms with E-state index in [1.54, 1.807) is 24.3 Å². The number of nitrogens with one attached hydrogen (secondary N) is 3. The van der Waals surface area contributed by atoms with Gasteiger partial charge in [0.2, 0.25) is 5.91 Å². The Balaban J connectivity index is 1.82. The number of carbonyl (C=O) groups excluding carboxylic acids is 2. The Morgan fingerprint density at radius 2 is 1.91 bits per heavy atom. The minimum atomic E-state index is -0.605. The van der Waals surface area contributed by atoms with E-state index in [-0.39, 0.29) is 5.91 Å². The van der Waals surface area contributed by atoms with Crippen LogP contribution in [0.25, 0.3) is 0 Å². The molecular weight excluding hydrogens is 280 g/mol.